The van der Waals surface area contributed by atoms with Crippen LogP contribution in [0.15, 0.2) is 30.3 Å². The van der Waals surface area contributed by atoms with Crippen molar-refractivity contribution in [3.05, 3.63) is 46.7 Å². The largest absolute Gasteiger partial charge is 0.491 e. The molecule has 1 aromatic carbocycles. The smallest absolute Gasteiger partial charge is 0.258 e. The van der Waals surface area contributed by atoms with Gasteiger partial charge in [0.05, 0.1) is 6.10 Å². The Morgan fingerprint density at radius 2 is 1.90 bits per heavy atom. The minimum Gasteiger partial charge on any atom is -0.491 e. The number of aromatic nitrogens is 2. The molecule has 1 heterocycles. The molecule has 0 aliphatic heterocycles. The first-order chi connectivity index (χ1) is 9.94. The number of aryl methyl sites for hydroxylation is 1. The molecule has 6 heteroatoms. The van der Waals surface area contributed by atoms with E-state index in [0.29, 0.717) is 16.4 Å². The first kappa shape index (κ1) is 15.3. The number of nitrogens with one attached hydrogen (secondary N) is 1. The Labute approximate surface area is 128 Å². The third-order valence-corrected chi connectivity index (χ3v) is 2.73. The van der Waals surface area contributed by atoms with Crippen molar-refractivity contribution in [2.24, 2.45) is 0 Å². The summed E-state index contributed by atoms with van der Waals surface area (Å²) in [5.41, 5.74) is 1.18. The van der Waals surface area contributed by atoms with Gasteiger partial charge in [0.25, 0.3) is 5.91 Å². The first-order valence-corrected chi connectivity index (χ1v) is 6.91. The summed E-state index contributed by atoms with van der Waals surface area (Å²) in [5.74, 6) is 0.608. The molecule has 1 aromatic heterocycles. The lowest BCUT2D eigenvalue weighted by atomic mass is 10.2. The Bertz CT molecular complexity index is 622. The van der Waals surface area contributed by atoms with Crippen molar-refractivity contribution in [1.82, 2.24) is 9.97 Å². The van der Waals surface area contributed by atoms with E-state index < -0.39 is 0 Å². The number of hydrogen-bond acceptors (Lipinski definition) is 4. The van der Waals surface area contributed by atoms with Gasteiger partial charge in [0.2, 0.25) is 5.95 Å². The van der Waals surface area contributed by atoms with Crippen LogP contribution in [0.3, 0.4) is 0 Å². The maximum Gasteiger partial charge on any atom is 0.258 e. The molecule has 21 heavy (non-hydrogen) atoms. The Balaban J connectivity index is 2.09. The normalized spacial score (nSPS) is 10.5. The fourth-order valence-corrected chi connectivity index (χ4v) is 1.95. The number of benzene rings is 1. The van der Waals surface area contributed by atoms with Gasteiger partial charge in [0.15, 0.2) is 0 Å². The van der Waals surface area contributed by atoms with Crippen LogP contribution >= 0.6 is 11.6 Å². The van der Waals surface area contributed by atoms with E-state index in [9.17, 15) is 4.79 Å². The van der Waals surface area contributed by atoms with E-state index in [2.05, 4.69) is 15.3 Å². The number of hydrogen-bond donors (Lipinski definition) is 1. The number of anilines is 1. The maximum atomic E-state index is 12.1. The van der Waals surface area contributed by atoms with Gasteiger partial charge >= 0.3 is 0 Å². The highest BCUT2D eigenvalue weighted by Crippen LogP contribution is 2.15. The van der Waals surface area contributed by atoms with Crippen LogP contribution in [0.4, 0.5) is 5.95 Å². The molecule has 0 spiro atoms. The molecule has 0 saturated carbocycles. The molecule has 2 rings (SSSR count). The summed E-state index contributed by atoms with van der Waals surface area (Å²) in [6.45, 7) is 5.67. The van der Waals surface area contributed by atoms with Crippen molar-refractivity contribution >= 4 is 23.5 Å². The quantitative estimate of drug-likeness (QED) is 0.878. The van der Waals surface area contributed by atoms with Crippen LogP contribution in [-0.4, -0.2) is 22.0 Å². The van der Waals surface area contributed by atoms with Crippen LogP contribution < -0.4 is 10.1 Å². The second kappa shape index (κ2) is 6.54. The lowest BCUT2D eigenvalue weighted by Crippen LogP contribution is -2.14. The van der Waals surface area contributed by atoms with E-state index in [0.717, 1.165) is 5.75 Å². The number of halogens is 1. The molecule has 2 aromatic rings. The van der Waals surface area contributed by atoms with Gasteiger partial charge in [-0.3, -0.25) is 10.1 Å². The SMILES string of the molecule is Cc1cc(Cl)nc(NC(=O)c2ccc(OC(C)C)cc2)n1. The van der Waals surface area contributed by atoms with Crippen molar-refractivity contribution in [3.63, 3.8) is 0 Å². The van der Waals surface area contributed by atoms with Gasteiger partial charge in [-0.05, 0) is 51.1 Å². The molecule has 1 amide bonds. The zero-order valence-electron chi connectivity index (χ0n) is 12.1. The number of nitrogens with zero attached hydrogens (tertiary/aromatic N) is 2. The van der Waals surface area contributed by atoms with Gasteiger partial charge in [-0.15, -0.1) is 0 Å². The lowest BCUT2D eigenvalue weighted by Gasteiger charge is -2.10. The van der Waals surface area contributed by atoms with Crippen LogP contribution in [0.25, 0.3) is 0 Å². The van der Waals surface area contributed by atoms with E-state index in [1.807, 2.05) is 13.8 Å². The van der Waals surface area contributed by atoms with Gasteiger partial charge in [-0.1, -0.05) is 11.6 Å². The average Bonchev–Trinajstić information content (AvgIpc) is 2.37. The Morgan fingerprint density at radius 3 is 2.48 bits per heavy atom. The summed E-state index contributed by atoms with van der Waals surface area (Å²) >= 11 is 5.83. The molecule has 1 N–H and O–H groups in total. The van der Waals surface area contributed by atoms with Crippen LogP contribution in [0.5, 0.6) is 5.75 Å². The van der Waals surface area contributed by atoms with Crippen molar-refractivity contribution in [2.45, 2.75) is 26.9 Å². The van der Waals surface area contributed by atoms with Crippen LogP contribution in [0.2, 0.25) is 5.15 Å². The minimum atomic E-state index is -0.298. The highest BCUT2D eigenvalue weighted by molar-refractivity contribution is 6.29. The Hall–Kier alpha value is -2.14. The molecule has 0 atom stereocenters. The average molecular weight is 306 g/mol. The molecule has 0 unspecified atom stereocenters. The number of carbonyl (C=O) groups is 1. The summed E-state index contributed by atoms with van der Waals surface area (Å²) in [4.78, 5) is 20.2. The molecule has 0 aliphatic carbocycles. The van der Waals surface area contributed by atoms with Gasteiger partial charge in [-0.25, -0.2) is 9.97 Å². The topological polar surface area (TPSA) is 64.1 Å². The van der Waals surface area contributed by atoms with E-state index in [1.165, 1.54) is 0 Å². The summed E-state index contributed by atoms with van der Waals surface area (Å²) < 4.78 is 5.52. The van der Waals surface area contributed by atoms with Crippen molar-refractivity contribution in [1.29, 1.82) is 0 Å². The standard InChI is InChI=1S/C15H16ClN3O2/c1-9(2)21-12-6-4-11(5-7-12)14(20)19-15-17-10(3)8-13(16)18-15/h4-9H,1-3H3,(H,17,18,19,20). The third-order valence-electron chi connectivity index (χ3n) is 2.54. The summed E-state index contributed by atoms with van der Waals surface area (Å²) in [5, 5.41) is 2.90. The van der Waals surface area contributed by atoms with Crippen molar-refractivity contribution < 1.29 is 9.53 Å². The zero-order chi connectivity index (χ0) is 15.4. The molecular formula is C15H16ClN3O2. The van der Waals surface area contributed by atoms with Crippen LogP contribution in [-0.2, 0) is 0 Å². The van der Waals surface area contributed by atoms with Gasteiger partial charge in [0, 0.05) is 11.3 Å². The molecule has 5 nitrogen and oxygen atoms in total. The van der Waals surface area contributed by atoms with E-state index in [1.54, 1.807) is 37.3 Å². The Morgan fingerprint density at radius 1 is 1.24 bits per heavy atom. The summed E-state index contributed by atoms with van der Waals surface area (Å²) in [6.07, 6.45) is 0.0903. The number of ether oxygens (including phenoxy) is 1. The number of carbonyl (C=O) groups excluding carboxylic acids is 1. The van der Waals surface area contributed by atoms with Crippen LogP contribution in [0, 0.1) is 6.92 Å². The zero-order valence-corrected chi connectivity index (χ0v) is 12.8. The molecule has 0 aliphatic rings. The van der Waals surface area contributed by atoms with Gasteiger partial charge < -0.3 is 4.74 Å². The number of amides is 1. The molecular weight excluding hydrogens is 290 g/mol. The second-order valence-electron chi connectivity index (χ2n) is 4.80. The molecule has 110 valence electrons. The van der Waals surface area contributed by atoms with Crippen molar-refractivity contribution in [3.8, 4) is 5.75 Å². The molecule has 0 saturated heterocycles. The van der Waals surface area contributed by atoms with Gasteiger partial charge in [0.1, 0.15) is 10.9 Å². The molecule has 0 bridgehead atoms. The van der Waals surface area contributed by atoms with Crippen LogP contribution in [0.1, 0.15) is 29.9 Å². The van der Waals surface area contributed by atoms with Gasteiger partial charge in [-0.2, -0.15) is 0 Å². The monoisotopic (exact) mass is 305 g/mol. The van der Waals surface area contributed by atoms with E-state index >= 15 is 0 Å². The van der Waals surface area contributed by atoms with E-state index in [-0.39, 0.29) is 18.0 Å². The predicted molar refractivity (Wildman–Crippen MR) is 81.9 cm³/mol. The predicted octanol–water partition coefficient (Wildman–Crippen LogP) is 3.48. The third kappa shape index (κ3) is 4.43. The molecule has 0 fully saturated rings. The van der Waals surface area contributed by atoms with Crippen molar-refractivity contribution in [2.75, 3.05) is 5.32 Å². The Kier molecular flexibility index (Phi) is 4.75. The fraction of sp³-hybridized carbons (Fsp3) is 0.267. The minimum absolute atomic E-state index is 0.0903. The maximum absolute atomic E-state index is 12.1. The summed E-state index contributed by atoms with van der Waals surface area (Å²) in [7, 11) is 0. The highest BCUT2D eigenvalue weighted by atomic mass is 35.5. The molecule has 0 radical (unpaired) electrons. The van der Waals surface area contributed by atoms with E-state index in [4.69, 9.17) is 16.3 Å². The summed E-state index contributed by atoms with van der Waals surface area (Å²) in [6, 6.07) is 8.49. The first-order valence-electron chi connectivity index (χ1n) is 6.53. The lowest BCUT2D eigenvalue weighted by molar-refractivity contribution is 0.102. The second-order valence-corrected chi connectivity index (χ2v) is 5.19. The highest BCUT2D eigenvalue weighted by Gasteiger charge is 2.09. The number of rotatable bonds is 4. The fourth-order valence-electron chi connectivity index (χ4n) is 1.72.